The van der Waals surface area contributed by atoms with Crippen molar-refractivity contribution in [3.63, 3.8) is 0 Å². The molecule has 0 aromatic heterocycles. The molecule has 1 aromatic carbocycles. The molecule has 0 saturated carbocycles. The Kier molecular flexibility index (Phi) is 6.29. The molecule has 0 fully saturated rings. The summed E-state index contributed by atoms with van der Waals surface area (Å²) in [4.78, 5) is 13.5. The highest BCUT2D eigenvalue weighted by Gasteiger charge is 2.18. The van der Waals surface area contributed by atoms with Crippen LogP contribution in [0.3, 0.4) is 0 Å². The Bertz CT molecular complexity index is 408. The fraction of sp³-hybridized carbons (Fsp3) is 0.500. The van der Waals surface area contributed by atoms with Crippen LogP contribution in [0.2, 0.25) is 0 Å². The first-order chi connectivity index (χ1) is 9.10. The molecule has 0 heterocycles. The van der Waals surface area contributed by atoms with Gasteiger partial charge in [-0.15, -0.1) is 0 Å². The minimum absolute atomic E-state index is 0.00198. The summed E-state index contributed by atoms with van der Waals surface area (Å²) in [6.07, 6.45) is 0.716. The number of benzene rings is 1. The maximum Gasteiger partial charge on any atom is 0.226 e. The van der Waals surface area contributed by atoms with Gasteiger partial charge in [0.05, 0.1) is 12.5 Å². The van der Waals surface area contributed by atoms with Crippen molar-refractivity contribution in [1.29, 1.82) is 0 Å². The monoisotopic (exact) mass is 268 g/mol. The SMILES string of the molecule is CCC(CN)C(=O)N(C)CCOc1ccccc1F. The lowest BCUT2D eigenvalue weighted by Crippen LogP contribution is -2.38. The second kappa shape index (κ2) is 7.74. The third kappa shape index (κ3) is 4.52. The molecule has 2 N–H and O–H groups in total. The van der Waals surface area contributed by atoms with Gasteiger partial charge in [-0.3, -0.25) is 4.79 Å². The molecule has 0 bridgehead atoms. The number of rotatable bonds is 7. The summed E-state index contributed by atoms with van der Waals surface area (Å²) >= 11 is 0. The quantitative estimate of drug-likeness (QED) is 0.818. The lowest BCUT2D eigenvalue weighted by Gasteiger charge is -2.22. The van der Waals surface area contributed by atoms with Crippen molar-refractivity contribution in [2.75, 3.05) is 26.7 Å². The number of nitrogens with two attached hydrogens (primary N) is 1. The van der Waals surface area contributed by atoms with E-state index < -0.39 is 5.82 Å². The lowest BCUT2D eigenvalue weighted by atomic mass is 10.1. The number of amides is 1. The Labute approximate surface area is 113 Å². The van der Waals surface area contributed by atoms with Crippen molar-refractivity contribution >= 4 is 5.91 Å². The van der Waals surface area contributed by atoms with Crippen LogP contribution in [0.5, 0.6) is 5.75 Å². The van der Waals surface area contributed by atoms with Crippen LogP contribution in [-0.4, -0.2) is 37.6 Å². The molecule has 1 unspecified atom stereocenters. The van der Waals surface area contributed by atoms with Gasteiger partial charge < -0.3 is 15.4 Å². The lowest BCUT2D eigenvalue weighted by molar-refractivity contribution is -0.134. The van der Waals surface area contributed by atoms with E-state index in [4.69, 9.17) is 10.5 Å². The van der Waals surface area contributed by atoms with E-state index in [0.717, 1.165) is 0 Å². The molecule has 4 nitrogen and oxygen atoms in total. The molecule has 0 aliphatic heterocycles. The summed E-state index contributed by atoms with van der Waals surface area (Å²) in [5.41, 5.74) is 5.53. The highest BCUT2D eigenvalue weighted by atomic mass is 19.1. The highest BCUT2D eigenvalue weighted by Crippen LogP contribution is 2.15. The van der Waals surface area contributed by atoms with Crippen LogP contribution in [-0.2, 0) is 4.79 Å². The summed E-state index contributed by atoms with van der Waals surface area (Å²) < 4.78 is 18.6. The van der Waals surface area contributed by atoms with E-state index in [1.165, 1.54) is 6.07 Å². The third-order valence-electron chi connectivity index (χ3n) is 3.02. The van der Waals surface area contributed by atoms with Gasteiger partial charge in [0.1, 0.15) is 6.61 Å². The number of nitrogens with zero attached hydrogens (tertiary/aromatic N) is 1. The van der Waals surface area contributed by atoms with Gasteiger partial charge in [-0.25, -0.2) is 4.39 Å². The van der Waals surface area contributed by atoms with Crippen molar-refractivity contribution < 1.29 is 13.9 Å². The molecule has 0 saturated heterocycles. The van der Waals surface area contributed by atoms with Gasteiger partial charge in [0, 0.05) is 13.6 Å². The molecular weight excluding hydrogens is 247 g/mol. The molecule has 19 heavy (non-hydrogen) atoms. The summed E-state index contributed by atoms with van der Waals surface area (Å²) in [6.45, 7) is 2.93. The van der Waals surface area contributed by atoms with E-state index in [1.54, 1.807) is 30.1 Å². The summed E-state index contributed by atoms with van der Waals surface area (Å²) in [5.74, 6) is -0.348. The first-order valence-corrected chi connectivity index (χ1v) is 6.42. The van der Waals surface area contributed by atoms with Crippen molar-refractivity contribution in [1.82, 2.24) is 4.90 Å². The van der Waals surface area contributed by atoms with E-state index in [-0.39, 0.29) is 24.2 Å². The van der Waals surface area contributed by atoms with E-state index in [2.05, 4.69) is 0 Å². The topological polar surface area (TPSA) is 55.6 Å². The number of carbonyl (C=O) groups excluding carboxylic acids is 1. The minimum Gasteiger partial charge on any atom is -0.489 e. The molecule has 106 valence electrons. The number of carbonyl (C=O) groups is 1. The Morgan fingerprint density at radius 1 is 1.47 bits per heavy atom. The fourth-order valence-corrected chi connectivity index (χ4v) is 1.72. The van der Waals surface area contributed by atoms with Crippen LogP contribution in [0.1, 0.15) is 13.3 Å². The van der Waals surface area contributed by atoms with E-state index in [1.807, 2.05) is 6.92 Å². The number of hydrogen-bond acceptors (Lipinski definition) is 3. The summed E-state index contributed by atoms with van der Waals surface area (Å²) in [5, 5.41) is 0. The maximum atomic E-state index is 13.3. The number of hydrogen-bond donors (Lipinski definition) is 1. The Morgan fingerprint density at radius 3 is 2.74 bits per heavy atom. The predicted molar refractivity (Wildman–Crippen MR) is 72.4 cm³/mol. The van der Waals surface area contributed by atoms with Crippen LogP contribution in [0.25, 0.3) is 0 Å². The zero-order chi connectivity index (χ0) is 14.3. The molecule has 0 aliphatic carbocycles. The maximum absolute atomic E-state index is 13.3. The van der Waals surface area contributed by atoms with E-state index >= 15 is 0 Å². The standard InChI is InChI=1S/C14H21FN2O2/c1-3-11(10-16)14(18)17(2)8-9-19-13-7-5-4-6-12(13)15/h4-7,11H,3,8-10,16H2,1-2H3. The van der Waals surface area contributed by atoms with E-state index in [9.17, 15) is 9.18 Å². The van der Waals surface area contributed by atoms with Crippen molar-refractivity contribution in [3.8, 4) is 5.75 Å². The first kappa shape index (κ1) is 15.4. The zero-order valence-corrected chi connectivity index (χ0v) is 11.4. The van der Waals surface area contributed by atoms with Crippen LogP contribution in [0.4, 0.5) is 4.39 Å². The molecule has 0 radical (unpaired) electrons. The molecule has 1 atom stereocenters. The number of likely N-dealkylation sites (N-methyl/N-ethyl adjacent to an activating group) is 1. The van der Waals surface area contributed by atoms with Gasteiger partial charge in [-0.05, 0) is 18.6 Å². The molecular formula is C14H21FN2O2. The minimum atomic E-state index is -0.398. The van der Waals surface area contributed by atoms with Gasteiger partial charge in [-0.1, -0.05) is 19.1 Å². The van der Waals surface area contributed by atoms with Crippen molar-refractivity contribution in [3.05, 3.63) is 30.1 Å². The predicted octanol–water partition coefficient (Wildman–Crippen LogP) is 1.65. The Balaban J connectivity index is 2.41. The first-order valence-electron chi connectivity index (χ1n) is 6.42. The average Bonchev–Trinajstić information content (AvgIpc) is 2.42. The number of ether oxygens (including phenoxy) is 1. The van der Waals surface area contributed by atoms with Crippen LogP contribution < -0.4 is 10.5 Å². The van der Waals surface area contributed by atoms with Gasteiger partial charge >= 0.3 is 0 Å². The number of para-hydroxylation sites is 1. The Morgan fingerprint density at radius 2 is 2.16 bits per heavy atom. The summed E-state index contributed by atoms with van der Waals surface area (Å²) in [7, 11) is 1.70. The zero-order valence-electron chi connectivity index (χ0n) is 11.4. The second-order valence-corrected chi connectivity index (χ2v) is 4.38. The molecule has 0 aliphatic rings. The second-order valence-electron chi connectivity index (χ2n) is 4.38. The van der Waals surface area contributed by atoms with Crippen LogP contribution in [0, 0.1) is 11.7 Å². The average molecular weight is 268 g/mol. The van der Waals surface area contributed by atoms with Crippen molar-refractivity contribution in [2.24, 2.45) is 11.7 Å². The molecule has 5 heteroatoms. The smallest absolute Gasteiger partial charge is 0.226 e. The molecule has 1 amide bonds. The van der Waals surface area contributed by atoms with Crippen molar-refractivity contribution in [2.45, 2.75) is 13.3 Å². The van der Waals surface area contributed by atoms with Gasteiger partial charge in [0.2, 0.25) is 5.91 Å². The highest BCUT2D eigenvalue weighted by molar-refractivity contribution is 5.78. The largest absolute Gasteiger partial charge is 0.489 e. The normalized spacial score (nSPS) is 12.0. The van der Waals surface area contributed by atoms with Gasteiger partial charge in [0.15, 0.2) is 11.6 Å². The Hall–Kier alpha value is -1.62. The number of halogens is 1. The van der Waals surface area contributed by atoms with Gasteiger partial charge in [-0.2, -0.15) is 0 Å². The molecule has 1 rings (SSSR count). The molecule has 0 spiro atoms. The summed E-state index contributed by atoms with van der Waals surface area (Å²) in [6, 6.07) is 6.21. The van der Waals surface area contributed by atoms with E-state index in [0.29, 0.717) is 19.5 Å². The third-order valence-corrected chi connectivity index (χ3v) is 3.02. The van der Waals surface area contributed by atoms with Gasteiger partial charge in [0.25, 0.3) is 0 Å². The molecule has 1 aromatic rings. The van der Waals surface area contributed by atoms with Crippen LogP contribution >= 0.6 is 0 Å². The van der Waals surface area contributed by atoms with Crippen LogP contribution in [0.15, 0.2) is 24.3 Å². The fourth-order valence-electron chi connectivity index (χ4n) is 1.72.